The van der Waals surface area contributed by atoms with Gasteiger partial charge in [0.25, 0.3) is 0 Å². The van der Waals surface area contributed by atoms with Gasteiger partial charge in [0, 0.05) is 12.0 Å². The summed E-state index contributed by atoms with van der Waals surface area (Å²) in [5, 5.41) is 26.7. The zero-order chi connectivity index (χ0) is 9.45. The van der Waals surface area contributed by atoms with Crippen LogP contribution in [-0.2, 0) is 0 Å². The predicted molar refractivity (Wildman–Crippen MR) is 47.8 cm³/mol. The smallest absolute Gasteiger partial charge is 0.0509 e. The Kier molecular flexibility index (Phi) is 6.34. The molecule has 74 valence electrons. The van der Waals surface area contributed by atoms with Crippen LogP contribution in [0.4, 0.5) is 0 Å². The molecule has 0 unspecified atom stereocenters. The first-order valence-electron chi connectivity index (χ1n) is 4.57. The molecule has 0 fully saturated rings. The summed E-state index contributed by atoms with van der Waals surface area (Å²) >= 11 is 0. The van der Waals surface area contributed by atoms with Gasteiger partial charge >= 0.3 is 0 Å². The Labute approximate surface area is 74.0 Å². The van der Waals surface area contributed by atoms with E-state index in [1.165, 1.54) is 0 Å². The maximum absolute atomic E-state index is 9.05. The van der Waals surface area contributed by atoms with Crippen LogP contribution in [0.15, 0.2) is 0 Å². The third-order valence-corrected chi connectivity index (χ3v) is 2.54. The molecule has 3 heteroatoms. The Balaban J connectivity index is 3.76. The van der Waals surface area contributed by atoms with E-state index in [9.17, 15) is 0 Å². The molecule has 0 spiro atoms. The normalized spacial score (nSPS) is 12.0. The van der Waals surface area contributed by atoms with Crippen LogP contribution in [0.1, 0.15) is 32.6 Å². The molecule has 0 saturated carbocycles. The lowest BCUT2D eigenvalue weighted by molar-refractivity contribution is 0.0407. The molecule has 3 nitrogen and oxygen atoms in total. The predicted octanol–water partition coefficient (Wildman–Crippen LogP) is 0.530. The van der Waals surface area contributed by atoms with Crippen LogP contribution < -0.4 is 0 Å². The maximum atomic E-state index is 9.05. The first-order chi connectivity index (χ1) is 5.74. The lowest BCUT2D eigenvalue weighted by Gasteiger charge is -2.28. The van der Waals surface area contributed by atoms with Gasteiger partial charge in [-0.05, 0) is 19.3 Å². The van der Waals surface area contributed by atoms with Crippen LogP contribution in [-0.4, -0.2) is 35.1 Å². The van der Waals surface area contributed by atoms with Gasteiger partial charge in [-0.15, -0.1) is 0 Å². The van der Waals surface area contributed by atoms with Crippen molar-refractivity contribution in [2.45, 2.75) is 32.6 Å². The molecule has 0 aliphatic heterocycles. The van der Waals surface area contributed by atoms with Crippen molar-refractivity contribution >= 4 is 0 Å². The van der Waals surface area contributed by atoms with Crippen LogP contribution in [0.25, 0.3) is 0 Å². The Bertz CT molecular complexity index is 91.7. The standard InChI is InChI=1S/C9H20O3/c1-2-9(7-11,8-12)5-3-4-6-10/h10-12H,2-8H2,1H3. The maximum Gasteiger partial charge on any atom is 0.0509 e. The minimum Gasteiger partial charge on any atom is -0.396 e. The molecule has 0 amide bonds. The van der Waals surface area contributed by atoms with Crippen LogP contribution in [0, 0.1) is 5.41 Å². The first-order valence-corrected chi connectivity index (χ1v) is 4.57. The van der Waals surface area contributed by atoms with E-state index in [-0.39, 0.29) is 25.2 Å². The van der Waals surface area contributed by atoms with Gasteiger partial charge in [-0.1, -0.05) is 13.3 Å². The number of aliphatic hydroxyl groups is 3. The molecule has 0 saturated heterocycles. The van der Waals surface area contributed by atoms with E-state index in [0.29, 0.717) is 0 Å². The summed E-state index contributed by atoms with van der Waals surface area (Å²) in [7, 11) is 0. The zero-order valence-electron chi connectivity index (χ0n) is 7.79. The van der Waals surface area contributed by atoms with Crippen molar-refractivity contribution in [1.82, 2.24) is 0 Å². The van der Waals surface area contributed by atoms with Crippen molar-refractivity contribution in [3.63, 3.8) is 0 Å². The number of rotatable bonds is 7. The molecule has 0 radical (unpaired) electrons. The van der Waals surface area contributed by atoms with Crippen LogP contribution in [0.5, 0.6) is 0 Å². The monoisotopic (exact) mass is 176 g/mol. The van der Waals surface area contributed by atoms with E-state index < -0.39 is 0 Å². The number of hydrogen-bond acceptors (Lipinski definition) is 3. The van der Waals surface area contributed by atoms with E-state index in [1.807, 2.05) is 6.92 Å². The van der Waals surface area contributed by atoms with E-state index in [4.69, 9.17) is 15.3 Å². The van der Waals surface area contributed by atoms with Gasteiger partial charge in [0.2, 0.25) is 0 Å². The van der Waals surface area contributed by atoms with Gasteiger partial charge in [-0.2, -0.15) is 0 Å². The number of aliphatic hydroxyl groups excluding tert-OH is 3. The summed E-state index contributed by atoms with van der Waals surface area (Å²) in [6, 6.07) is 0. The quantitative estimate of drug-likeness (QED) is 0.496. The second-order valence-corrected chi connectivity index (χ2v) is 3.35. The van der Waals surface area contributed by atoms with E-state index >= 15 is 0 Å². The third-order valence-electron chi connectivity index (χ3n) is 2.54. The molecular weight excluding hydrogens is 156 g/mol. The molecule has 0 aromatic rings. The Morgan fingerprint density at radius 3 is 1.92 bits per heavy atom. The van der Waals surface area contributed by atoms with Gasteiger partial charge in [0.05, 0.1) is 13.2 Å². The molecule has 0 rings (SSSR count). The minimum atomic E-state index is -0.324. The van der Waals surface area contributed by atoms with Crippen molar-refractivity contribution in [2.75, 3.05) is 19.8 Å². The summed E-state index contributed by atoms with van der Waals surface area (Å²) in [6.45, 7) is 2.22. The summed E-state index contributed by atoms with van der Waals surface area (Å²) in [4.78, 5) is 0. The molecular formula is C9H20O3. The topological polar surface area (TPSA) is 60.7 Å². The lowest BCUT2D eigenvalue weighted by atomic mass is 9.82. The minimum absolute atomic E-state index is 0.0332. The SMILES string of the molecule is CCC(CO)(CO)CCCCO. The van der Waals surface area contributed by atoms with E-state index in [1.54, 1.807) is 0 Å². The molecule has 0 aliphatic rings. The highest BCUT2D eigenvalue weighted by atomic mass is 16.3. The highest BCUT2D eigenvalue weighted by Gasteiger charge is 2.25. The second kappa shape index (κ2) is 6.40. The molecule has 3 N–H and O–H groups in total. The fourth-order valence-electron chi connectivity index (χ4n) is 1.22. The van der Waals surface area contributed by atoms with Crippen LogP contribution in [0.3, 0.4) is 0 Å². The largest absolute Gasteiger partial charge is 0.396 e. The van der Waals surface area contributed by atoms with Crippen molar-refractivity contribution in [2.24, 2.45) is 5.41 Å². The summed E-state index contributed by atoms with van der Waals surface area (Å²) in [6.07, 6.45) is 3.19. The van der Waals surface area contributed by atoms with E-state index in [2.05, 4.69) is 0 Å². The van der Waals surface area contributed by atoms with Crippen molar-refractivity contribution < 1.29 is 15.3 Å². The number of unbranched alkanes of at least 4 members (excludes halogenated alkanes) is 1. The Morgan fingerprint density at radius 1 is 1.00 bits per heavy atom. The summed E-state index contributed by atoms with van der Waals surface area (Å²) in [5.74, 6) is 0. The first kappa shape index (κ1) is 11.9. The van der Waals surface area contributed by atoms with Crippen LogP contribution >= 0.6 is 0 Å². The van der Waals surface area contributed by atoms with E-state index in [0.717, 1.165) is 25.7 Å². The Morgan fingerprint density at radius 2 is 1.58 bits per heavy atom. The fraction of sp³-hybridized carbons (Fsp3) is 1.00. The average molecular weight is 176 g/mol. The number of hydrogen-bond donors (Lipinski definition) is 3. The van der Waals surface area contributed by atoms with Crippen molar-refractivity contribution in [1.29, 1.82) is 0 Å². The summed E-state index contributed by atoms with van der Waals surface area (Å²) in [5.41, 5.74) is -0.324. The van der Waals surface area contributed by atoms with Gasteiger partial charge < -0.3 is 15.3 Å². The molecule has 12 heavy (non-hydrogen) atoms. The Hall–Kier alpha value is -0.120. The van der Waals surface area contributed by atoms with Gasteiger partial charge in [0.1, 0.15) is 0 Å². The van der Waals surface area contributed by atoms with Gasteiger partial charge in [-0.25, -0.2) is 0 Å². The zero-order valence-corrected chi connectivity index (χ0v) is 7.79. The second-order valence-electron chi connectivity index (χ2n) is 3.35. The molecule has 0 heterocycles. The highest BCUT2D eigenvalue weighted by Crippen LogP contribution is 2.27. The molecule has 0 atom stereocenters. The lowest BCUT2D eigenvalue weighted by Crippen LogP contribution is -2.29. The highest BCUT2D eigenvalue weighted by molar-refractivity contribution is 4.75. The molecule has 0 aromatic carbocycles. The summed E-state index contributed by atoms with van der Waals surface area (Å²) < 4.78 is 0. The van der Waals surface area contributed by atoms with Crippen molar-refractivity contribution in [3.8, 4) is 0 Å². The fourth-order valence-corrected chi connectivity index (χ4v) is 1.22. The van der Waals surface area contributed by atoms with Crippen molar-refractivity contribution in [3.05, 3.63) is 0 Å². The van der Waals surface area contributed by atoms with Gasteiger partial charge in [-0.3, -0.25) is 0 Å². The molecule has 0 aromatic heterocycles. The molecule has 0 aliphatic carbocycles. The van der Waals surface area contributed by atoms with Crippen LogP contribution in [0.2, 0.25) is 0 Å². The molecule has 0 bridgehead atoms. The van der Waals surface area contributed by atoms with Gasteiger partial charge in [0.15, 0.2) is 0 Å². The average Bonchev–Trinajstić information content (AvgIpc) is 2.14. The third kappa shape index (κ3) is 3.52.